The van der Waals surface area contributed by atoms with Crippen LogP contribution in [0.4, 0.5) is 0 Å². The minimum Gasteiger partial charge on any atom is -0.329 e. The average Bonchev–Trinajstić information content (AvgIpc) is 2.90. The van der Waals surface area contributed by atoms with Crippen LogP contribution in [0, 0.1) is 17.8 Å². The summed E-state index contributed by atoms with van der Waals surface area (Å²) in [6.45, 7) is 3.74. The Kier molecular flexibility index (Phi) is 4.27. The van der Waals surface area contributed by atoms with Crippen molar-refractivity contribution in [3.05, 3.63) is 0 Å². The molecule has 0 aliphatic heterocycles. The van der Waals surface area contributed by atoms with Gasteiger partial charge in [0.25, 0.3) is 0 Å². The molecule has 1 rings (SSSR count). The fourth-order valence-corrected chi connectivity index (χ4v) is 1.74. The molecular weight excluding hydrogens is 160 g/mol. The number of hydrogen-bond acceptors (Lipinski definition) is 2. The van der Waals surface area contributed by atoms with E-state index in [9.17, 15) is 0 Å². The van der Waals surface area contributed by atoms with E-state index in [1.807, 2.05) is 6.92 Å². The summed E-state index contributed by atoms with van der Waals surface area (Å²) < 4.78 is 0. The van der Waals surface area contributed by atoms with Gasteiger partial charge in [-0.3, -0.25) is 0 Å². The van der Waals surface area contributed by atoms with Crippen molar-refractivity contribution in [2.75, 3.05) is 20.1 Å². The van der Waals surface area contributed by atoms with Gasteiger partial charge in [-0.1, -0.05) is 0 Å². The second kappa shape index (κ2) is 5.26. The first-order valence-electron chi connectivity index (χ1n) is 5.09. The van der Waals surface area contributed by atoms with Gasteiger partial charge in [-0.2, -0.15) is 0 Å². The van der Waals surface area contributed by atoms with Crippen LogP contribution in [0.25, 0.3) is 0 Å². The Hall–Kier alpha value is -0.520. The number of rotatable bonds is 5. The van der Waals surface area contributed by atoms with E-state index < -0.39 is 0 Å². The first kappa shape index (κ1) is 10.6. The van der Waals surface area contributed by atoms with Gasteiger partial charge in [0, 0.05) is 25.6 Å². The van der Waals surface area contributed by atoms with Gasteiger partial charge < -0.3 is 10.6 Å². The van der Waals surface area contributed by atoms with Gasteiger partial charge in [0.05, 0.1) is 0 Å². The highest BCUT2D eigenvalue weighted by Crippen LogP contribution is 2.34. The second-order valence-corrected chi connectivity index (χ2v) is 3.80. The minimum atomic E-state index is 0.596. The number of likely N-dealkylation sites (N-methyl/N-ethyl adjacent to an activating group) is 1. The molecule has 2 nitrogen and oxygen atoms in total. The minimum absolute atomic E-state index is 0.596. The predicted molar refractivity (Wildman–Crippen MR) is 56.3 cm³/mol. The summed E-state index contributed by atoms with van der Waals surface area (Å²) in [5, 5.41) is 0. The van der Waals surface area contributed by atoms with E-state index in [2.05, 4.69) is 23.8 Å². The van der Waals surface area contributed by atoms with Crippen LogP contribution in [0.2, 0.25) is 0 Å². The van der Waals surface area contributed by atoms with Gasteiger partial charge in [0.15, 0.2) is 0 Å². The summed E-state index contributed by atoms with van der Waals surface area (Å²) >= 11 is 0. The third-order valence-electron chi connectivity index (χ3n) is 2.74. The molecule has 2 heteroatoms. The summed E-state index contributed by atoms with van der Waals surface area (Å²) in [6, 6.07) is 0.596. The van der Waals surface area contributed by atoms with Crippen LogP contribution in [0.3, 0.4) is 0 Å². The van der Waals surface area contributed by atoms with Crippen molar-refractivity contribution in [3.8, 4) is 11.8 Å². The Morgan fingerprint density at radius 1 is 1.54 bits per heavy atom. The van der Waals surface area contributed by atoms with E-state index in [-0.39, 0.29) is 0 Å². The van der Waals surface area contributed by atoms with Crippen LogP contribution in [0.15, 0.2) is 0 Å². The highest BCUT2D eigenvalue weighted by atomic mass is 15.1. The lowest BCUT2D eigenvalue weighted by molar-refractivity contribution is 0.228. The summed E-state index contributed by atoms with van der Waals surface area (Å²) in [5.74, 6) is 6.87. The zero-order valence-corrected chi connectivity index (χ0v) is 8.71. The van der Waals surface area contributed by atoms with Crippen LogP contribution < -0.4 is 5.73 Å². The van der Waals surface area contributed by atoms with Gasteiger partial charge >= 0.3 is 0 Å². The van der Waals surface area contributed by atoms with Crippen LogP contribution >= 0.6 is 0 Å². The van der Waals surface area contributed by atoms with Crippen LogP contribution in [-0.4, -0.2) is 31.1 Å². The standard InChI is InChI=1S/C11H20N2/c1-3-4-5-8-13(2)11(9-12)10-6-7-10/h10-11H,5-9,12H2,1-2H3. The third-order valence-corrected chi connectivity index (χ3v) is 2.74. The Balaban J connectivity index is 2.24. The summed E-state index contributed by atoms with van der Waals surface area (Å²) in [4.78, 5) is 2.36. The van der Waals surface area contributed by atoms with Gasteiger partial charge in [0.1, 0.15) is 0 Å². The van der Waals surface area contributed by atoms with E-state index in [1.54, 1.807) is 0 Å². The van der Waals surface area contributed by atoms with Crippen molar-refractivity contribution >= 4 is 0 Å². The van der Waals surface area contributed by atoms with E-state index in [0.29, 0.717) is 6.04 Å². The lowest BCUT2D eigenvalue weighted by atomic mass is 10.1. The molecule has 13 heavy (non-hydrogen) atoms. The molecule has 1 fully saturated rings. The molecule has 0 aromatic carbocycles. The summed E-state index contributed by atoms with van der Waals surface area (Å²) in [7, 11) is 2.16. The molecule has 0 radical (unpaired) electrons. The molecule has 0 amide bonds. The zero-order valence-electron chi connectivity index (χ0n) is 8.71. The summed E-state index contributed by atoms with van der Waals surface area (Å²) in [6.07, 6.45) is 3.70. The zero-order chi connectivity index (χ0) is 9.68. The molecular formula is C11H20N2. The molecule has 1 aliphatic rings. The average molecular weight is 180 g/mol. The molecule has 0 aromatic heterocycles. The lowest BCUT2D eigenvalue weighted by Crippen LogP contribution is -2.40. The topological polar surface area (TPSA) is 29.3 Å². The van der Waals surface area contributed by atoms with E-state index in [0.717, 1.165) is 25.4 Å². The van der Waals surface area contributed by atoms with E-state index in [4.69, 9.17) is 5.73 Å². The van der Waals surface area contributed by atoms with Crippen molar-refractivity contribution < 1.29 is 0 Å². The van der Waals surface area contributed by atoms with Crippen molar-refractivity contribution in [3.63, 3.8) is 0 Å². The Morgan fingerprint density at radius 3 is 2.69 bits per heavy atom. The second-order valence-electron chi connectivity index (χ2n) is 3.80. The largest absolute Gasteiger partial charge is 0.329 e. The van der Waals surface area contributed by atoms with Crippen LogP contribution in [0.5, 0.6) is 0 Å². The van der Waals surface area contributed by atoms with Crippen molar-refractivity contribution in [1.29, 1.82) is 0 Å². The summed E-state index contributed by atoms with van der Waals surface area (Å²) in [5.41, 5.74) is 5.74. The molecule has 0 heterocycles. The maximum atomic E-state index is 5.74. The van der Waals surface area contributed by atoms with Crippen LogP contribution in [0.1, 0.15) is 26.2 Å². The van der Waals surface area contributed by atoms with Crippen molar-refractivity contribution in [2.24, 2.45) is 11.7 Å². The van der Waals surface area contributed by atoms with E-state index in [1.165, 1.54) is 12.8 Å². The molecule has 2 N–H and O–H groups in total. The smallest absolute Gasteiger partial charge is 0.0243 e. The van der Waals surface area contributed by atoms with Crippen molar-refractivity contribution in [2.45, 2.75) is 32.2 Å². The molecule has 0 bridgehead atoms. The first-order valence-corrected chi connectivity index (χ1v) is 5.09. The van der Waals surface area contributed by atoms with Gasteiger partial charge in [-0.25, -0.2) is 0 Å². The fourth-order valence-electron chi connectivity index (χ4n) is 1.74. The molecule has 0 saturated heterocycles. The first-order chi connectivity index (χ1) is 6.29. The third kappa shape index (κ3) is 3.38. The molecule has 1 saturated carbocycles. The van der Waals surface area contributed by atoms with Gasteiger partial charge in [-0.15, -0.1) is 11.8 Å². The SMILES string of the molecule is CC#CCCN(C)C(CN)C1CC1. The number of hydrogen-bond donors (Lipinski definition) is 1. The number of nitrogens with zero attached hydrogens (tertiary/aromatic N) is 1. The predicted octanol–water partition coefficient (Wildman–Crippen LogP) is 1.07. The van der Waals surface area contributed by atoms with Crippen LogP contribution in [-0.2, 0) is 0 Å². The molecule has 74 valence electrons. The fraction of sp³-hybridized carbons (Fsp3) is 0.818. The highest BCUT2D eigenvalue weighted by Gasteiger charge is 2.32. The van der Waals surface area contributed by atoms with Gasteiger partial charge in [0.2, 0.25) is 0 Å². The molecule has 0 spiro atoms. The van der Waals surface area contributed by atoms with Crippen molar-refractivity contribution in [1.82, 2.24) is 4.90 Å². The Bertz CT molecular complexity index is 198. The molecule has 0 aromatic rings. The maximum Gasteiger partial charge on any atom is 0.0243 e. The maximum absolute atomic E-state index is 5.74. The Labute approximate surface area is 81.5 Å². The van der Waals surface area contributed by atoms with E-state index >= 15 is 0 Å². The normalized spacial score (nSPS) is 18.2. The highest BCUT2D eigenvalue weighted by molar-refractivity contribution is 4.96. The lowest BCUT2D eigenvalue weighted by Gasteiger charge is -2.25. The van der Waals surface area contributed by atoms with Gasteiger partial charge in [-0.05, 0) is 32.7 Å². The quantitative estimate of drug-likeness (QED) is 0.641. The molecule has 1 unspecified atom stereocenters. The Morgan fingerprint density at radius 2 is 2.23 bits per heavy atom. The molecule has 1 atom stereocenters. The monoisotopic (exact) mass is 180 g/mol. The number of nitrogens with two attached hydrogens (primary N) is 1. The molecule has 1 aliphatic carbocycles.